The molecule has 0 N–H and O–H groups in total. The van der Waals surface area contributed by atoms with Crippen molar-refractivity contribution >= 4 is 11.4 Å². The summed E-state index contributed by atoms with van der Waals surface area (Å²) in [6, 6.07) is 6.23. The molecule has 0 fully saturated rings. The van der Waals surface area contributed by atoms with E-state index in [-0.39, 0.29) is 5.92 Å². The number of benzene rings is 1. The standard InChI is InChI=1S/C17H20O2/c1-3-11-8-12-4-5-13-9-14(19-2)6-7-15(13)16(12)10-17(11)18/h6-7,9-12H,3-5,8H2,1-2H3/t11-,12+/m0/s1. The number of methoxy groups -OCH3 is 1. The Labute approximate surface area is 114 Å². The van der Waals surface area contributed by atoms with Crippen LogP contribution >= 0.6 is 0 Å². The lowest BCUT2D eigenvalue weighted by Crippen LogP contribution is -2.26. The number of carbonyl (C=O) groups excluding carboxylic acids is 1. The highest BCUT2D eigenvalue weighted by molar-refractivity contribution is 6.01. The Morgan fingerprint density at radius 2 is 2.21 bits per heavy atom. The largest absolute Gasteiger partial charge is 0.497 e. The number of hydrogen-bond donors (Lipinski definition) is 0. The lowest BCUT2D eigenvalue weighted by Gasteiger charge is -2.33. The summed E-state index contributed by atoms with van der Waals surface area (Å²) in [4.78, 5) is 12.1. The highest BCUT2D eigenvalue weighted by Crippen LogP contribution is 2.43. The van der Waals surface area contributed by atoms with Crippen molar-refractivity contribution in [1.82, 2.24) is 0 Å². The second kappa shape index (κ2) is 4.84. The normalized spacial score (nSPS) is 25.4. The maximum Gasteiger partial charge on any atom is 0.159 e. The molecule has 0 unspecified atom stereocenters. The molecule has 0 bridgehead atoms. The molecule has 2 aliphatic carbocycles. The maximum atomic E-state index is 12.1. The van der Waals surface area contributed by atoms with Crippen molar-refractivity contribution < 1.29 is 9.53 Å². The number of hydrogen-bond acceptors (Lipinski definition) is 2. The number of ketones is 1. The van der Waals surface area contributed by atoms with Gasteiger partial charge in [0, 0.05) is 5.92 Å². The molecule has 0 amide bonds. The quantitative estimate of drug-likeness (QED) is 0.807. The van der Waals surface area contributed by atoms with Gasteiger partial charge in [0.15, 0.2) is 5.78 Å². The van der Waals surface area contributed by atoms with Gasteiger partial charge in [-0.05, 0) is 66.5 Å². The molecule has 2 nitrogen and oxygen atoms in total. The molecule has 0 spiro atoms. The van der Waals surface area contributed by atoms with E-state index in [1.165, 1.54) is 16.7 Å². The molecule has 0 saturated heterocycles. The molecule has 0 heterocycles. The third-order valence-electron chi connectivity index (χ3n) is 4.59. The Morgan fingerprint density at radius 3 is 2.95 bits per heavy atom. The Balaban J connectivity index is 2.02. The Morgan fingerprint density at radius 1 is 1.37 bits per heavy atom. The van der Waals surface area contributed by atoms with Crippen molar-refractivity contribution in [1.29, 1.82) is 0 Å². The van der Waals surface area contributed by atoms with Gasteiger partial charge in [-0.15, -0.1) is 0 Å². The van der Waals surface area contributed by atoms with Crippen molar-refractivity contribution in [3.8, 4) is 5.75 Å². The predicted molar refractivity (Wildman–Crippen MR) is 76.2 cm³/mol. The van der Waals surface area contributed by atoms with Crippen LogP contribution in [0.25, 0.3) is 5.57 Å². The second-order valence-corrected chi connectivity index (χ2v) is 5.60. The van der Waals surface area contributed by atoms with E-state index in [0.717, 1.165) is 31.4 Å². The van der Waals surface area contributed by atoms with Crippen LogP contribution in [-0.2, 0) is 11.2 Å². The van der Waals surface area contributed by atoms with Crippen LogP contribution in [0.1, 0.15) is 37.3 Å². The average molecular weight is 256 g/mol. The van der Waals surface area contributed by atoms with E-state index in [2.05, 4.69) is 19.1 Å². The van der Waals surface area contributed by atoms with E-state index in [9.17, 15) is 4.79 Å². The van der Waals surface area contributed by atoms with Crippen LogP contribution in [0, 0.1) is 11.8 Å². The van der Waals surface area contributed by atoms with Crippen LogP contribution in [0.2, 0.25) is 0 Å². The zero-order valence-electron chi connectivity index (χ0n) is 11.6. The van der Waals surface area contributed by atoms with E-state index in [1.54, 1.807) is 7.11 Å². The fourth-order valence-corrected chi connectivity index (χ4v) is 3.43. The summed E-state index contributed by atoms with van der Waals surface area (Å²) in [5, 5.41) is 0. The smallest absolute Gasteiger partial charge is 0.159 e. The van der Waals surface area contributed by atoms with Gasteiger partial charge in [0.25, 0.3) is 0 Å². The van der Waals surface area contributed by atoms with Gasteiger partial charge < -0.3 is 4.74 Å². The molecule has 0 saturated carbocycles. The van der Waals surface area contributed by atoms with Gasteiger partial charge in [0.05, 0.1) is 7.11 Å². The van der Waals surface area contributed by atoms with Crippen molar-refractivity contribution in [3.63, 3.8) is 0 Å². The van der Waals surface area contributed by atoms with Gasteiger partial charge in [-0.25, -0.2) is 0 Å². The summed E-state index contributed by atoms with van der Waals surface area (Å²) in [7, 11) is 1.70. The molecule has 0 radical (unpaired) electrons. The number of aryl methyl sites for hydroxylation is 1. The molecule has 100 valence electrons. The molecule has 1 aromatic carbocycles. The monoisotopic (exact) mass is 256 g/mol. The highest BCUT2D eigenvalue weighted by Gasteiger charge is 2.32. The van der Waals surface area contributed by atoms with E-state index < -0.39 is 0 Å². The van der Waals surface area contributed by atoms with Gasteiger partial charge in [-0.3, -0.25) is 4.79 Å². The first kappa shape index (κ1) is 12.5. The van der Waals surface area contributed by atoms with Gasteiger partial charge >= 0.3 is 0 Å². The summed E-state index contributed by atoms with van der Waals surface area (Å²) in [6.07, 6.45) is 6.17. The van der Waals surface area contributed by atoms with Crippen molar-refractivity contribution in [2.45, 2.75) is 32.6 Å². The highest BCUT2D eigenvalue weighted by atomic mass is 16.5. The molecule has 2 heteroatoms. The van der Waals surface area contributed by atoms with Crippen molar-refractivity contribution in [2.75, 3.05) is 7.11 Å². The number of allylic oxidation sites excluding steroid dienone is 2. The van der Waals surface area contributed by atoms with Crippen LogP contribution in [-0.4, -0.2) is 12.9 Å². The van der Waals surface area contributed by atoms with Crippen LogP contribution in [0.4, 0.5) is 0 Å². The SMILES string of the molecule is CC[C@H]1C[C@H]2CCc3cc(OC)ccc3C2=CC1=O. The fraction of sp³-hybridized carbons (Fsp3) is 0.471. The third-order valence-corrected chi connectivity index (χ3v) is 4.59. The molecule has 2 aliphatic rings. The molecule has 3 rings (SSSR count). The third kappa shape index (κ3) is 2.09. The van der Waals surface area contributed by atoms with Crippen LogP contribution in [0.5, 0.6) is 5.75 Å². The number of carbonyl (C=O) groups is 1. The minimum absolute atomic E-state index is 0.244. The van der Waals surface area contributed by atoms with Crippen LogP contribution in [0.3, 0.4) is 0 Å². The average Bonchev–Trinajstić information content (AvgIpc) is 2.45. The number of rotatable bonds is 2. The number of ether oxygens (including phenoxy) is 1. The molecule has 0 aromatic heterocycles. The van der Waals surface area contributed by atoms with Gasteiger partial charge in [0.1, 0.15) is 5.75 Å². The lowest BCUT2D eigenvalue weighted by molar-refractivity contribution is -0.119. The first-order chi connectivity index (χ1) is 9.22. The Hall–Kier alpha value is -1.57. The summed E-state index contributed by atoms with van der Waals surface area (Å²) < 4.78 is 5.29. The first-order valence-corrected chi connectivity index (χ1v) is 7.15. The Kier molecular flexibility index (Phi) is 3.17. The van der Waals surface area contributed by atoms with Gasteiger partial charge in [-0.1, -0.05) is 13.0 Å². The van der Waals surface area contributed by atoms with E-state index in [1.807, 2.05) is 12.1 Å². The summed E-state index contributed by atoms with van der Waals surface area (Å²) >= 11 is 0. The zero-order valence-corrected chi connectivity index (χ0v) is 11.6. The molecular weight excluding hydrogens is 236 g/mol. The van der Waals surface area contributed by atoms with Crippen LogP contribution in [0.15, 0.2) is 24.3 Å². The van der Waals surface area contributed by atoms with Crippen molar-refractivity contribution in [3.05, 3.63) is 35.4 Å². The van der Waals surface area contributed by atoms with E-state index >= 15 is 0 Å². The molecule has 0 aliphatic heterocycles. The predicted octanol–water partition coefficient (Wildman–Crippen LogP) is 3.64. The minimum Gasteiger partial charge on any atom is -0.497 e. The maximum absolute atomic E-state index is 12.1. The first-order valence-electron chi connectivity index (χ1n) is 7.15. The fourth-order valence-electron chi connectivity index (χ4n) is 3.43. The summed E-state index contributed by atoms with van der Waals surface area (Å²) in [5.41, 5.74) is 3.85. The zero-order chi connectivity index (χ0) is 13.4. The number of fused-ring (bicyclic) bond motifs is 3. The van der Waals surface area contributed by atoms with E-state index in [4.69, 9.17) is 4.74 Å². The van der Waals surface area contributed by atoms with Crippen molar-refractivity contribution in [2.24, 2.45) is 11.8 Å². The summed E-state index contributed by atoms with van der Waals surface area (Å²) in [5.74, 6) is 2.04. The van der Waals surface area contributed by atoms with Crippen LogP contribution < -0.4 is 4.74 Å². The Bertz CT molecular complexity index is 542. The van der Waals surface area contributed by atoms with Gasteiger partial charge in [-0.2, -0.15) is 0 Å². The molecule has 1 aromatic rings. The van der Waals surface area contributed by atoms with Gasteiger partial charge in [0.2, 0.25) is 0 Å². The van der Waals surface area contributed by atoms with E-state index in [0.29, 0.717) is 11.7 Å². The topological polar surface area (TPSA) is 26.3 Å². The molecular formula is C17H20O2. The second-order valence-electron chi connectivity index (χ2n) is 5.60. The summed E-state index contributed by atoms with van der Waals surface area (Å²) in [6.45, 7) is 2.11. The molecule has 2 atom stereocenters. The molecule has 19 heavy (non-hydrogen) atoms. The minimum atomic E-state index is 0.244. The lowest BCUT2D eigenvalue weighted by atomic mass is 9.70.